The van der Waals surface area contributed by atoms with Crippen molar-refractivity contribution in [3.05, 3.63) is 0 Å². The highest BCUT2D eigenvalue weighted by Crippen LogP contribution is 2.42. The van der Waals surface area contributed by atoms with Crippen LogP contribution < -0.4 is 5.32 Å². The molecule has 3 fully saturated rings. The van der Waals surface area contributed by atoms with E-state index in [9.17, 15) is 9.59 Å². The average Bonchev–Trinajstić information content (AvgIpc) is 3.08. The number of nitrogens with zero attached hydrogens (tertiary/aromatic N) is 1. The number of hydrogen-bond acceptors (Lipinski definition) is 2. The van der Waals surface area contributed by atoms with Gasteiger partial charge in [-0.05, 0) is 38.0 Å². The summed E-state index contributed by atoms with van der Waals surface area (Å²) in [5, 5.41) is 3.02. The molecule has 0 aromatic rings. The molecule has 1 spiro atoms. The van der Waals surface area contributed by atoms with Crippen LogP contribution in [0.3, 0.4) is 0 Å². The van der Waals surface area contributed by atoms with Gasteiger partial charge in [-0.15, -0.1) is 0 Å². The molecular formula is C14H22N2O2. The molecule has 1 saturated heterocycles. The molecule has 1 atom stereocenters. The van der Waals surface area contributed by atoms with Crippen molar-refractivity contribution in [1.82, 2.24) is 10.2 Å². The van der Waals surface area contributed by atoms with E-state index in [0.717, 1.165) is 51.5 Å². The van der Waals surface area contributed by atoms with Gasteiger partial charge in [0.05, 0.1) is 0 Å². The van der Waals surface area contributed by atoms with Gasteiger partial charge in [-0.25, -0.2) is 0 Å². The summed E-state index contributed by atoms with van der Waals surface area (Å²) in [6.45, 7) is 2.81. The molecule has 4 heteroatoms. The Morgan fingerprint density at radius 3 is 2.50 bits per heavy atom. The Morgan fingerprint density at radius 2 is 1.94 bits per heavy atom. The van der Waals surface area contributed by atoms with E-state index in [0.29, 0.717) is 5.92 Å². The molecule has 4 nitrogen and oxygen atoms in total. The SMILES string of the molecule is CCCN1C(=O)C(C2CC2)NC(=O)C12CCCC2. The third-order valence-corrected chi connectivity index (χ3v) is 4.73. The summed E-state index contributed by atoms with van der Waals surface area (Å²) >= 11 is 0. The number of carbonyl (C=O) groups is 2. The number of carbonyl (C=O) groups excluding carboxylic acids is 2. The maximum absolute atomic E-state index is 12.6. The molecule has 2 aliphatic carbocycles. The summed E-state index contributed by atoms with van der Waals surface area (Å²) < 4.78 is 0. The van der Waals surface area contributed by atoms with Crippen LogP contribution in [0.2, 0.25) is 0 Å². The quantitative estimate of drug-likeness (QED) is 0.824. The van der Waals surface area contributed by atoms with Gasteiger partial charge in [0.1, 0.15) is 11.6 Å². The molecule has 3 aliphatic rings. The van der Waals surface area contributed by atoms with Crippen LogP contribution in [0.25, 0.3) is 0 Å². The normalized spacial score (nSPS) is 30.9. The molecule has 0 aromatic heterocycles. The highest BCUT2D eigenvalue weighted by molar-refractivity contribution is 6.00. The van der Waals surface area contributed by atoms with Crippen LogP contribution in [0.15, 0.2) is 0 Å². The van der Waals surface area contributed by atoms with E-state index in [1.54, 1.807) is 0 Å². The van der Waals surface area contributed by atoms with Gasteiger partial charge in [-0.3, -0.25) is 9.59 Å². The molecule has 0 aromatic carbocycles. The van der Waals surface area contributed by atoms with Crippen LogP contribution in [0, 0.1) is 5.92 Å². The van der Waals surface area contributed by atoms with Crippen molar-refractivity contribution < 1.29 is 9.59 Å². The maximum Gasteiger partial charge on any atom is 0.246 e. The van der Waals surface area contributed by atoms with Crippen LogP contribution in [0.1, 0.15) is 51.9 Å². The van der Waals surface area contributed by atoms with Crippen LogP contribution in [0.4, 0.5) is 0 Å². The molecule has 18 heavy (non-hydrogen) atoms. The lowest BCUT2D eigenvalue weighted by atomic mass is 9.88. The largest absolute Gasteiger partial charge is 0.342 e. The van der Waals surface area contributed by atoms with Crippen LogP contribution in [-0.4, -0.2) is 34.8 Å². The molecule has 0 radical (unpaired) electrons. The Balaban J connectivity index is 1.89. The first-order valence-electron chi connectivity index (χ1n) is 7.31. The average molecular weight is 250 g/mol. The van der Waals surface area contributed by atoms with Crippen LogP contribution in [0.5, 0.6) is 0 Å². The monoisotopic (exact) mass is 250 g/mol. The lowest BCUT2D eigenvalue weighted by Gasteiger charge is -2.46. The van der Waals surface area contributed by atoms with Gasteiger partial charge in [-0.1, -0.05) is 19.8 Å². The highest BCUT2D eigenvalue weighted by atomic mass is 16.2. The van der Waals surface area contributed by atoms with Crippen molar-refractivity contribution in [1.29, 1.82) is 0 Å². The zero-order valence-electron chi connectivity index (χ0n) is 11.1. The van der Waals surface area contributed by atoms with Crippen molar-refractivity contribution >= 4 is 11.8 Å². The molecule has 2 saturated carbocycles. The lowest BCUT2D eigenvalue weighted by molar-refractivity contribution is -0.158. The Hall–Kier alpha value is -1.06. The molecule has 1 unspecified atom stereocenters. The van der Waals surface area contributed by atoms with Crippen molar-refractivity contribution in [3.63, 3.8) is 0 Å². The summed E-state index contributed by atoms with van der Waals surface area (Å²) in [7, 11) is 0. The van der Waals surface area contributed by atoms with Gasteiger partial charge in [0.15, 0.2) is 0 Å². The predicted molar refractivity (Wildman–Crippen MR) is 67.9 cm³/mol. The van der Waals surface area contributed by atoms with Gasteiger partial charge in [0, 0.05) is 6.54 Å². The Bertz CT molecular complexity index is 370. The van der Waals surface area contributed by atoms with Gasteiger partial charge >= 0.3 is 0 Å². The second kappa shape index (κ2) is 4.25. The van der Waals surface area contributed by atoms with Crippen molar-refractivity contribution in [2.75, 3.05) is 6.54 Å². The number of amides is 2. The van der Waals surface area contributed by atoms with Crippen LogP contribution in [-0.2, 0) is 9.59 Å². The molecule has 1 aliphatic heterocycles. The number of rotatable bonds is 3. The Morgan fingerprint density at radius 1 is 1.28 bits per heavy atom. The Kier molecular flexibility index (Phi) is 2.83. The fraction of sp³-hybridized carbons (Fsp3) is 0.857. The summed E-state index contributed by atoms with van der Waals surface area (Å²) in [5.41, 5.74) is -0.502. The minimum absolute atomic E-state index is 0.116. The third kappa shape index (κ3) is 1.65. The van der Waals surface area contributed by atoms with Crippen molar-refractivity contribution in [2.45, 2.75) is 63.5 Å². The fourth-order valence-electron chi connectivity index (χ4n) is 3.59. The molecule has 2 amide bonds. The smallest absolute Gasteiger partial charge is 0.246 e. The maximum atomic E-state index is 12.6. The second-order valence-electron chi connectivity index (χ2n) is 6.02. The van der Waals surface area contributed by atoms with Gasteiger partial charge in [0.25, 0.3) is 0 Å². The van der Waals surface area contributed by atoms with Crippen molar-refractivity contribution in [2.24, 2.45) is 5.92 Å². The zero-order valence-corrected chi connectivity index (χ0v) is 11.1. The minimum Gasteiger partial charge on any atom is -0.342 e. The van der Waals surface area contributed by atoms with E-state index in [-0.39, 0.29) is 17.9 Å². The van der Waals surface area contributed by atoms with E-state index in [2.05, 4.69) is 12.2 Å². The molecule has 1 N–H and O–H groups in total. The fourth-order valence-corrected chi connectivity index (χ4v) is 3.59. The summed E-state index contributed by atoms with van der Waals surface area (Å²) in [5.74, 6) is 0.699. The van der Waals surface area contributed by atoms with E-state index in [4.69, 9.17) is 0 Å². The number of piperazine rings is 1. The van der Waals surface area contributed by atoms with E-state index >= 15 is 0 Å². The number of hydrogen-bond donors (Lipinski definition) is 1. The second-order valence-corrected chi connectivity index (χ2v) is 6.02. The molecule has 0 bridgehead atoms. The lowest BCUT2D eigenvalue weighted by Crippen LogP contribution is -2.70. The molecule has 1 heterocycles. The zero-order chi connectivity index (χ0) is 12.8. The van der Waals surface area contributed by atoms with Crippen molar-refractivity contribution in [3.8, 4) is 0 Å². The predicted octanol–water partition coefficient (Wildman–Crippen LogP) is 1.45. The van der Waals surface area contributed by atoms with Gasteiger partial charge < -0.3 is 10.2 Å². The van der Waals surface area contributed by atoms with E-state index < -0.39 is 5.54 Å². The third-order valence-electron chi connectivity index (χ3n) is 4.73. The first-order chi connectivity index (χ1) is 8.69. The first-order valence-corrected chi connectivity index (χ1v) is 7.31. The molecule has 3 rings (SSSR count). The number of nitrogens with one attached hydrogen (secondary N) is 1. The van der Waals surface area contributed by atoms with E-state index in [1.807, 2.05) is 4.90 Å². The molecule has 100 valence electrons. The van der Waals surface area contributed by atoms with Gasteiger partial charge in [0.2, 0.25) is 11.8 Å². The van der Waals surface area contributed by atoms with Gasteiger partial charge in [-0.2, -0.15) is 0 Å². The standard InChI is InChI=1S/C14H22N2O2/c1-2-9-16-12(17)11(10-5-6-10)15-13(18)14(16)7-3-4-8-14/h10-11H,2-9H2,1H3,(H,15,18). The first kappa shape index (κ1) is 12.0. The highest BCUT2D eigenvalue weighted by Gasteiger charge is 2.55. The molecular weight excluding hydrogens is 228 g/mol. The summed E-state index contributed by atoms with van der Waals surface area (Å²) in [4.78, 5) is 27.0. The Labute approximate surface area is 108 Å². The minimum atomic E-state index is -0.502. The summed E-state index contributed by atoms with van der Waals surface area (Å²) in [6.07, 6.45) is 6.93. The van der Waals surface area contributed by atoms with Crippen LogP contribution >= 0.6 is 0 Å². The van der Waals surface area contributed by atoms with E-state index in [1.165, 1.54) is 0 Å². The topological polar surface area (TPSA) is 49.4 Å². The summed E-state index contributed by atoms with van der Waals surface area (Å²) in [6, 6.07) is -0.227.